The molecule has 2 aromatic rings. The van der Waals surface area contributed by atoms with E-state index in [0.29, 0.717) is 17.3 Å². The van der Waals surface area contributed by atoms with Crippen LogP contribution in [0, 0.1) is 5.82 Å². The second-order valence-corrected chi connectivity index (χ2v) is 4.14. The molecule has 1 aromatic carbocycles. The molecule has 90 valence electrons. The van der Waals surface area contributed by atoms with Crippen molar-refractivity contribution >= 4 is 11.6 Å². The number of nitrogens with zero attached hydrogens (tertiary/aromatic N) is 2. The van der Waals surface area contributed by atoms with Gasteiger partial charge in [0.2, 0.25) is 0 Å². The van der Waals surface area contributed by atoms with Gasteiger partial charge in [0, 0.05) is 12.7 Å². The van der Waals surface area contributed by atoms with Gasteiger partial charge in [0.1, 0.15) is 5.82 Å². The van der Waals surface area contributed by atoms with E-state index >= 15 is 0 Å². The van der Waals surface area contributed by atoms with Gasteiger partial charge < -0.3 is 5.32 Å². The lowest BCUT2D eigenvalue weighted by Gasteiger charge is -2.06. The van der Waals surface area contributed by atoms with Crippen LogP contribution in [0.3, 0.4) is 0 Å². The Balaban J connectivity index is 2.31. The van der Waals surface area contributed by atoms with Crippen LogP contribution in [-0.2, 0) is 6.54 Å². The minimum atomic E-state index is -0.276. The van der Waals surface area contributed by atoms with Gasteiger partial charge in [-0.3, -0.25) is 0 Å². The Bertz CT molecular complexity index is 510. The molecule has 0 aliphatic heterocycles. The minimum absolute atomic E-state index is 0.276. The van der Waals surface area contributed by atoms with Crippen molar-refractivity contribution in [1.29, 1.82) is 0 Å². The van der Waals surface area contributed by atoms with Crippen LogP contribution < -0.4 is 5.32 Å². The average molecular weight is 254 g/mol. The fourth-order valence-corrected chi connectivity index (χ4v) is 1.72. The first-order chi connectivity index (χ1) is 8.19. The molecule has 0 atom stereocenters. The lowest BCUT2D eigenvalue weighted by atomic mass is 10.2. The van der Waals surface area contributed by atoms with Crippen molar-refractivity contribution in [2.45, 2.75) is 13.5 Å². The van der Waals surface area contributed by atoms with Gasteiger partial charge in [-0.25, -0.2) is 9.07 Å². The number of nitrogens with one attached hydrogen (secondary N) is 1. The maximum Gasteiger partial charge on any atom is 0.125 e. The van der Waals surface area contributed by atoms with Crippen molar-refractivity contribution in [3.05, 3.63) is 47.0 Å². The largest absolute Gasteiger partial charge is 0.313 e. The van der Waals surface area contributed by atoms with Gasteiger partial charge in [-0.2, -0.15) is 5.10 Å². The lowest BCUT2D eigenvalue weighted by molar-refractivity contribution is 0.619. The van der Waals surface area contributed by atoms with Crippen molar-refractivity contribution in [1.82, 2.24) is 15.1 Å². The van der Waals surface area contributed by atoms with Crippen LogP contribution in [0.25, 0.3) is 5.69 Å². The Kier molecular flexibility index (Phi) is 3.76. The monoisotopic (exact) mass is 253 g/mol. The number of aromatic nitrogens is 2. The van der Waals surface area contributed by atoms with Crippen LogP contribution in [0.5, 0.6) is 0 Å². The summed E-state index contributed by atoms with van der Waals surface area (Å²) in [4.78, 5) is 0. The molecule has 2 rings (SSSR count). The molecule has 0 radical (unpaired) electrons. The van der Waals surface area contributed by atoms with Gasteiger partial charge in [-0.15, -0.1) is 0 Å². The summed E-state index contributed by atoms with van der Waals surface area (Å²) in [5.74, 6) is -0.276. The summed E-state index contributed by atoms with van der Waals surface area (Å²) in [6.45, 7) is 3.49. The SMILES string of the molecule is CCNCc1cc(F)cc(-n2cc(Cl)cn2)c1. The van der Waals surface area contributed by atoms with Crippen LogP contribution >= 0.6 is 11.6 Å². The van der Waals surface area contributed by atoms with Crippen LogP contribution in [-0.4, -0.2) is 16.3 Å². The number of benzene rings is 1. The van der Waals surface area contributed by atoms with Crippen LogP contribution in [0.4, 0.5) is 4.39 Å². The number of rotatable bonds is 4. The third-order valence-corrected chi connectivity index (χ3v) is 2.53. The van der Waals surface area contributed by atoms with E-state index in [4.69, 9.17) is 11.6 Å². The van der Waals surface area contributed by atoms with Gasteiger partial charge in [0.25, 0.3) is 0 Å². The lowest BCUT2D eigenvalue weighted by Crippen LogP contribution is -2.12. The summed E-state index contributed by atoms with van der Waals surface area (Å²) in [7, 11) is 0. The highest BCUT2D eigenvalue weighted by Crippen LogP contribution is 2.15. The number of hydrogen-bond donors (Lipinski definition) is 1. The van der Waals surface area contributed by atoms with Gasteiger partial charge in [0.15, 0.2) is 0 Å². The first-order valence-corrected chi connectivity index (χ1v) is 5.77. The molecule has 0 saturated heterocycles. The smallest absolute Gasteiger partial charge is 0.125 e. The Morgan fingerprint density at radius 2 is 2.24 bits per heavy atom. The zero-order chi connectivity index (χ0) is 12.3. The molecule has 1 aromatic heterocycles. The third-order valence-electron chi connectivity index (χ3n) is 2.34. The van der Waals surface area contributed by atoms with E-state index in [9.17, 15) is 4.39 Å². The van der Waals surface area contributed by atoms with Crippen molar-refractivity contribution in [3.63, 3.8) is 0 Å². The number of hydrogen-bond acceptors (Lipinski definition) is 2. The van der Waals surface area contributed by atoms with Crippen molar-refractivity contribution in [2.24, 2.45) is 0 Å². The van der Waals surface area contributed by atoms with Gasteiger partial charge >= 0.3 is 0 Å². The summed E-state index contributed by atoms with van der Waals surface area (Å²) in [5, 5.41) is 7.73. The summed E-state index contributed by atoms with van der Waals surface area (Å²) in [6.07, 6.45) is 3.17. The number of halogens is 2. The maximum atomic E-state index is 13.4. The predicted octanol–water partition coefficient (Wildman–Crippen LogP) is 2.77. The molecule has 1 N–H and O–H groups in total. The molecule has 17 heavy (non-hydrogen) atoms. The van der Waals surface area contributed by atoms with E-state index in [1.54, 1.807) is 10.9 Å². The van der Waals surface area contributed by atoms with E-state index in [-0.39, 0.29) is 5.82 Å². The molecule has 0 saturated carbocycles. The summed E-state index contributed by atoms with van der Waals surface area (Å²) < 4.78 is 15.0. The normalized spacial score (nSPS) is 10.8. The van der Waals surface area contributed by atoms with Gasteiger partial charge in [-0.1, -0.05) is 18.5 Å². The van der Waals surface area contributed by atoms with Crippen molar-refractivity contribution in [2.75, 3.05) is 6.54 Å². The average Bonchev–Trinajstić information content (AvgIpc) is 2.72. The fourth-order valence-electron chi connectivity index (χ4n) is 1.58. The molecule has 0 fully saturated rings. The molecule has 0 aliphatic carbocycles. The van der Waals surface area contributed by atoms with E-state index in [1.807, 2.05) is 13.0 Å². The summed E-state index contributed by atoms with van der Waals surface area (Å²) >= 11 is 5.78. The molecular weight excluding hydrogens is 241 g/mol. The molecule has 0 bridgehead atoms. The highest BCUT2D eigenvalue weighted by atomic mass is 35.5. The van der Waals surface area contributed by atoms with Gasteiger partial charge in [0.05, 0.1) is 16.9 Å². The first kappa shape index (κ1) is 12.1. The van der Waals surface area contributed by atoms with Crippen LogP contribution in [0.1, 0.15) is 12.5 Å². The molecule has 0 aliphatic rings. The Hall–Kier alpha value is -1.39. The molecule has 1 heterocycles. The second-order valence-electron chi connectivity index (χ2n) is 3.70. The van der Waals surface area contributed by atoms with E-state index in [2.05, 4.69) is 10.4 Å². The molecule has 0 amide bonds. The molecule has 0 unspecified atom stereocenters. The quantitative estimate of drug-likeness (QED) is 0.908. The maximum absolute atomic E-state index is 13.4. The van der Waals surface area contributed by atoms with E-state index in [0.717, 1.165) is 12.1 Å². The zero-order valence-corrected chi connectivity index (χ0v) is 10.2. The second kappa shape index (κ2) is 5.29. The highest BCUT2D eigenvalue weighted by molar-refractivity contribution is 6.30. The minimum Gasteiger partial charge on any atom is -0.313 e. The highest BCUT2D eigenvalue weighted by Gasteiger charge is 2.04. The first-order valence-electron chi connectivity index (χ1n) is 5.40. The zero-order valence-electron chi connectivity index (χ0n) is 9.45. The molecule has 0 spiro atoms. The Morgan fingerprint density at radius 3 is 2.88 bits per heavy atom. The Labute approximate surface area is 104 Å². The summed E-state index contributed by atoms with van der Waals surface area (Å²) in [6, 6.07) is 4.82. The fraction of sp³-hybridized carbons (Fsp3) is 0.250. The van der Waals surface area contributed by atoms with Crippen molar-refractivity contribution < 1.29 is 4.39 Å². The third kappa shape index (κ3) is 3.05. The standard InChI is InChI=1S/C12H13ClFN3/c1-2-15-6-9-3-11(14)5-12(4-9)17-8-10(13)7-16-17/h3-5,7-8,15H,2,6H2,1H3. The summed E-state index contributed by atoms with van der Waals surface area (Å²) in [5.41, 5.74) is 1.55. The predicted molar refractivity (Wildman–Crippen MR) is 65.9 cm³/mol. The molecule has 5 heteroatoms. The molecular formula is C12H13ClFN3. The van der Waals surface area contributed by atoms with Crippen molar-refractivity contribution in [3.8, 4) is 5.69 Å². The van der Waals surface area contributed by atoms with Gasteiger partial charge in [-0.05, 0) is 30.3 Å². The van der Waals surface area contributed by atoms with Crippen LogP contribution in [0.2, 0.25) is 5.02 Å². The molecule has 3 nitrogen and oxygen atoms in total. The topological polar surface area (TPSA) is 29.9 Å². The van der Waals surface area contributed by atoms with E-state index < -0.39 is 0 Å². The van der Waals surface area contributed by atoms with Crippen LogP contribution in [0.15, 0.2) is 30.6 Å². The van der Waals surface area contributed by atoms with E-state index in [1.165, 1.54) is 18.3 Å². The Morgan fingerprint density at radius 1 is 1.41 bits per heavy atom.